The Bertz CT molecular complexity index is 1400. The van der Waals surface area contributed by atoms with E-state index in [4.69, 9.17) is 4.74 Å². The van der Waals surface area contributed by atoms with Crippen LogP contribution in [0.3, 0.4) is 0 Å². The number of benzene rings is 2. The van der Waals surface area contributed by atoms with Crippen LogP contribution in [0.4, 0.5) is 10.8 Å². The molecule has 0 unspecified atom stereocenters. The first-order valence-corrected chi connectivity index (χ1v) is 13.8. The van der Waals surface area contributed by atoms with Gasteiger partial charge < -0.3 is 4.74 Å². The summed E-state index contributed by atoms with van der Waals surface area (Å²) in [5.74, 6) is -0.428. The highest BCUT2D eigenvalue weighted by molar-refractivity contribution is 7.94. The van der Waals surface area contributed by atoms with Crippen molar-refractivity contribution in [1.82, 2.24) is 14.5 Å². The van der Waals surface area contributed by atoms with E-state index in [-0.39, 0.29) is 33.1 Å². The van der Waals surface area contributed by atoms with Gasteiger partial charge in [-0.25, -0.2) is 8.42 Å². The maximum atomic E-state index is 12.7. The Morgan fingerprint density at radius 1 is 1.00 bits per heavy atom. The SMILES string of the molecule is Cc1ccccc1C(=O)Nc1nnc(S(=O)(=O)Nc2ccc(S(=O)(=O)N3CCOCC3)cc2)s1. The first-order valence-electron chi connectivity index (χ1n) is 10.1. The summed E-state index contributed by atoms with van der Waals surface area (Å²) in [5, 5.41) is 9.97. The molecule has 1 aliphatic rings. The molecule has 0 aliphatic carbocycles. The lowest BCUT2D eigenvalue weighted by Gasteiger charge is -2.26. The quantitative estimate of drug-likeness (QED) is 0.447. The number of carbonyl (C=O) groups is 1. The van der Waals surface area contributed by atoms with E-state index in [0.717, 1.165) is 5.56 Å². The summed E-state index contributed by atoms with van der Waals surface area (Å²) in [4.78, 5) is 12.5. The number of aromatic nitrogens is 2. The van der Waals surface area contributed by atoms with Crippen LogP contribution in [0.5, 0.6) is 0 Å². The fourth-order valence-electron chi connectivity index (χ4n) is 3.19. The number of nitrogens with zero attached hydrogens (tertiary/aromatic N) is 3. The average Bonchev–Trinajstić information content (AvgIpc) is 3.29. The Labute approximate surface area is 200 Å². The largest absolute Gasteiger partial charge is 0.379 e. The highest BCUT2D eigenvalue weighted by atomic mass is 32.2. The van der Waals surface area contributed by atoms with E-state index in [1.807, 2.05) is 0 Å². The van der Waals surface area contributed by atoms with Crippen molar-refractivity contribution in [3.05, 3.63) is 59.7 Å². The molecule has 1 fully saturated rings. The smallest absolute Gasteiger partial charge is 0.291 e. The van der Waals surface area contributed by atoms with Gasteiger partial charge >= 0.3 is 0 Å². The second-order valence-corrected chi connectivity index (χ2v) is 12.1. The molecule has 1 aromatic heterocycles. The van der Waals surface area contributed by atoms with Crippen LogP contribution < -0.4 is 10.0 Å². The highest BCUT2D eigenvalue weighted by Crippen LogP contribution is 2.25. The fourth-order valence-corrected chi connectivity index (χ4v) is 6.55. The number of morpholine rings is 1. The van der Waals surface area contributed by atoms with E-state index >= 15 is 0 Å². The average molecular weight is 524 g/mol. The molecule has 4 rings (SSSR count). The molecule has 3 aromatic rings. The van der Waals surface area contributed by atoms with Gasteiger partial charge in [-0.2, -0.15) is 12.7 Å². The number of hydrogen-bond acceptors (Lipinski definition) is 9. The number of nitrogens with one attached hydrogen (secondary N) is 2. The third-order valence-electron chi connectivity index (χ3n) is 4.96. The maximum absolute atomic E-state index is 12.7. The van der Waals surface area contributed by atoms with Crippen LogP contribution in [0.2, 0.25) is 0 Å². The Balaban J connectivity index is 1.45. The predicted molar refractivity (Wildman–Crippen MR) is 126 cm³/mol. The molecule has 1 aliphatic heterocycles. The van der Waals surface area contributed by atoms with Crippen LogP contribution in [-0.2, 0) is 24.8 Å². The van der Waals surface area contributed by atoms with Crippen molar-refractivity contribution in [2.75, 3.05) is 36.3 Å². The molecule has 34 heavy (non-hydrogen) atoms. The normalized spacial score (nSPS) is 15.1. The van der Waals surface area contributed by atoms with Gasteiger partial charge in [-0.3, -0.25) is 14.8 Å². The van der Waals surface area contributed by atoms with Gasteiger partial charge in [-0.05, 0) is 42.8 Å². The van der Waals surface area contributed by atoms with Crippen molar-refractivity contribution in [2.24, 2.45) is 0 Å². The third-order valence-corrected chi connectivity index (χ3v) is 9.46. The molecule has 0 bridgehead atoms. The van der Waals surface area contributed by atoms with Gasteiger partial charge in [0, 0.05) is 24.3 Å². The van der Waals surface area contributed by atoms with Crippen LogP contribution in [0, 0.1) is 6.92 Å². The molecule has 1 saturated heterocycles. The van der Waals surface area contributed by atoms with Crippen LogP contribution >= 0.6 is 11.3 Å². The van der Waals surface area contributed by atoms with E-state index in [9.17, 15) is 21.6 Å². The topological polar surface area (TPSA) is 148 Å². The second kappa shape index (κ2) is 9.76. The lowest BCUT2D eigenvalue weighted by atomic mass is 10.1. The summed E-state index contributed by atoms with van der Waals surface area (Å²) >= 11 is 0.695. The minimum atomic E-state index is -4.10. The Kier molecular flexibility index (Phi) is 6.95. The summed E-state index contributed by atoms with van der Waals surface area (Å²) < 4.78 is 59.3. The molecule has 0 radical (unpaired) electrons. The molecular weight excluding hydrogens is 502 g/mol. The molecule has 14 heteroatoms. The van der Waals surface area contributed by atoms with Crippen LogP contribution in [-0.4, -0.2) is 63.5 Å². The van der Waals surface area contributed by atoms with Gasteiger partial charge in [-0.1, -0.05) is 29.5 Å². The predicted octanol–water partition coefficient (Wildman–Crippen LogP) is 1.92. The number of ether oxygens (including phenoxy) is 1. The monoisotopic (exact) mass is 523 g/mol. The third kappa shape index (κ3) is 5.26. The maximum Gasteiger partial charge on any atom is 0.291 e. The van der Waals surface area contributed by atoms with Gasteiger partial charge in [0.2, 0.25) is 15.2 Å². The first kappa shape index (κ1) is 24.2. The highest BCUT2D eigenvalue weighted by Gasteiger charge is 2.27. The lowest BCUT2D eigenvalue weighted by molar-refractivity contribution is 0.0730. The number of hydrogen-bond donors (Lipinski definition) is 2. The summed E-state index contributed by atoms with van der Waals surface area (Å²) in [5.41, 5.74) is 1.35. The molecule has 180 valence electrons. The standard InChI is InChI=1S/C20H21N5O6S3/c1-14-4-2-3-5-17(14)18(26)21-19-22-23-20(32-19)33(27,28)24-15-6-8-16(9-7-15)34(29,30)25-10-12-31-13-11-25/h2-9,24H,10-13H2,1H3,(H,21,22,26). The Hall–Kier alpha value is -2.91. The van der Waals surface area contributed by atoms with Crippen molar-refractivity contribution in [1.29, 1.82) is 0 Å². The van der Waals surface area contributed by atoms with Crippen molar-refractivity contribution < 1.29 is 26.4 Å². The van der Waals surface area contributed by atoms with Crippen LogP contribution in [0.25, 0.3) is 0 Å². The summed E-state index contributed by atoms with van der Waals surface area (Å²) in [6.07, 6.45) is 0. The zero-order chi connectivity index (χ0) is 24.3. The van der Waals surface area contributed by atoms with Crippen LogP contribution in [0.15, 0.2) is 57.8 Å². The van der Waals surface area contributed by atoms with Gasteiger partial charge in [0.05, 0.1) is 18.1 Å². The molecule has 0 spiro atoms. The van der Waals surface area contributed by atoms with Crippen molar-refractivity contribution in [3.63, 3.8) is 0 Å². The van der Waals surface area contributed by atoms with Gasteiger partial charge in [0.25, 0.3) is 20.3 Å². The minimum absolute atomic E-state index is 0.0283. The lowest BCUT2D eigenvalue weighted by Crippen LogP contribution is -2.40. The fraction of sp³-hybridized carbons (Fsp3) is 0.250. The van der Waals surface area contributed by atoms with Gasteiger partial charge in [0.15, 0.2) is 0 Å². The first-order chi connectivity index (χ1) is 16.2. The number of anilines is 2. The van der Waals surface area contributed by atoms with E-state index < -0.39 is 26.0 Å². The number of sulfonamides is 2. The summed E-state index contributed by atoms with van der Waals surface area (Å²) in [7, 11) is -7.80. The van der Waals surface area contributed by atoms with Gasteiger partial charge in [0.1, 0.15) is 0 Å². The molecule has 1 amide bonds. The molecule has 2 N–H and O–H groups in total. The van der Waals surface area contributed by atoms with Gasteiger partial charge in [-0.15, -0.1) is 10.2 Å². The van der Waals surface area contributed by atoms with E-state index in [2.05, 4.69) is 20.2 Å². The van der Waals surface area contributed by atoms with Crippen molar-refractivity contribution >= 4 is 48.1 Å². The molecule has 0 atom stereocenters. The Morgan fingerprint density at radius 2 is 1.68 bits per heavy atom. The molecule has 2 aromatic carbocycles. The number of amides is 1. The molecule has 2 heterocycles. The number of rotatable bonds is 7. The van der Waals surface area contributed by atoms with E-state index in [0.29, 0.717) is 30.1 Å². The number of carbonyl (C=O) groups excluding carboxylic acids is 1. The second-order valence-electron chi connectivity index (χ2n) is 7.29. The summed E-state index contributed by atoms with van der Waals surface area (Å²) in [6.45, 7) is 2.96. The van der Waals surface area contributed by atoms with E-state index in [1.165, 1.54) is 28.6 Å². The molecule has 0 saturated carbocycles. The van der Waals surface area contributed by atoms with Crippen molar-refractivity contribution in [2.45, 2.75) is 16.2 Å². The molecule has 11 nitrogen and oxygen atoms in total. The van der Waals surface area contributed by atoms with Crippen LogP contribution in [0.1, 0.15) is 15.9 Å². The Morgan fingerprint density at radius 3 is 2.35 bits per heavy atom. The number of aryl methyl sites for hydroxylation is 1. The summed E-state index contributed by atoms with van der Waals surface area (Å²) in [6, 6.07) is 12.3. The zero-order valence-corrected chi connectivity index (χ0v) is 20.4. The minimum Gasteiger partial charge on any atom is -0.379 e. The molecular formula is C20H21N5O6S3. The van der Waals surface area contributed by atoms with Crippen molar-refractivity contribution in [3.8, 4) is 0 Å². The van der Waals surface area contributed by atoms with E-state index in [1.54, 1.807) is 31.2 Å². The zero-order valence-electron chi connectivity index (χ0n) is 18.0.